The van der Waals surface area contributed by atoms with Crippen molar-refractivity contribution < 1.29 is 0 Å². The topological polar surface area (TPSA) is 28.5 Å². The fourth-order valence-electron chi connectivity index (χ4n) is 3.90. The molecule has 3 heterocycles. The summed E-state index contributed by atoms with van der Waals surface area (Å²) in [5.74, 6) is 0. The number of aryl methyl sites for hydroxylation is 1. The number of aromatic nitrogens is 1. The molecule has 27 heavy (non-hydrogen) atoms. The first-order chi connectivity index (χ1) is 13.1. The highest BCUT2D eigenvalue weighted by Crippen LogP contribution is 2.33. The van der Waals surface area contributed by atoms with Gasteiger partial charge < -0.3 is 4.90 Å². The molecule has 0 bridgehead atoms. The van der Waals surface area contributed by atoms with Gasteiger partial charge in [0.1, 0.15) is 0 Å². The molecule has 2 aromatic rings. The first-order valence-electron chi connectivity index (χ1n) is 9.87. The second-order valence-electron chi connectivity index (χ2n) is 7.58. The molecular formula is C24H27N3. The van der Waals surface area contributed by atoms with Gasteiger partial charge in [0.25, 0.3) is 0 Å². The minimum atomic E-state index is 0.896. The first-order valence-corrected chi connectivity index (χ1v) is 9.87. The van der Waals surface area contributed by atoms with Crippen molar-refractivity contribution in [3.8, 4) is 0 Å². The van der Waals surface area contributed by atoms with Crippen LogP contribution in [0.3, 0.4) is 0 Å². The van der Waals surface area contributed by atoms with Gasteiger partial charge in [0.2, 0.25) is 0 Å². The minimum Gasteiger partial charge on any atom is -0.372 e. The van der Waals surface area contributed by atoms with E-state index in [1.54, 1.807) is 0 Å². The highest BCUT2D eigenvalue weighted by atomic mass is 15.1. The van der Waals surface area contributed by atoms with Crippen molar-refractivity contribution in [2.45, 2.75) is 39.5 Å². The standard InChI is InChI=1S/C24H27N3/c1-17(14-20-8-7-11-25-18(20)2)23-16-22-10-9-21(15-24(22)26-23)19(3)27-12-5-4-6-13-27/h7-11,14-15H,3-6,12-13,16H2,1-2H3/b17-14+. The first kappa shape index (κ1) is 17.7. The number of rotatable bonds is 4. The number of allylic oxidation sites excluding steroid dienone is 1. The Kier molecular flexibility index (Phi) is 4.93. The zero-order valence-electron chi connectivity index (χ0n) is 16.3. The highest BCUT2D eigenvalue weighted by Gasteiger charge is 2.19. The number of nitrogens with zero attached hydrogens (tertiary/aromatic N) is 3. The fourth-order valence-corrected chi connectivity index (χ4v) is 3.90. The molecule has 0 saturated carbocycles. The molecule has 0 aliphatic carbocycles. The van der Waals surface area contributed by atoms with E-state index < -0.39 is 0 Å². The van der Waals surface area contributed by atoms with Gasteiger partial charge in [0, 0.05) is 42.8 Å². The Hall–Kier alpha value is -2.68. The van der Waals surface area contributed by atoms with E-state index in [0.29, 0.717) is 0 Å². The van der Waals surface area contributed by atoms with E-state index in [2.05, 4.69) is 53.7 Å². The van der Waals surface area contributed by atoms with Gasteiger partial charge in [-0.15, -0.1) is 0 Å². The Morgan fingerprint density at radius 3 is 2.74 bits per heavy atom. The van der Waals surface area contributed by atoms with Crippen LogP contribution < -0.4 is 0 Å². The van der Waals surface area contributed by atoms with Crippen LogP contribution in [-0.2, 0) is 6.42 Å². The average Bonchev–Trinajstić information content (AvgIpc) is 3.13. The molecule has 1 saturated heterocycles. The van der Waals surface area contributed by atoms with Crippen molar-refractivity contribution in [3.05, 3.63) is 71.1 Å². The third-order valence-corrected chi connectivity index (χ3v) is 5.64. The summed E-state index contributed by atoms with van der Waals surface area (Å²) in [7, 11) is 0. The fraction of sp³-hybridized carbons (Fsp3) is 0.333. The second-order valence-corrected chi connectivity index (χ2v) is 7.58. The van der Waals surface area contributed by atoms with E-state index in [4.69, 9.17) is 4.99 Å². The molecular weight excluding hydrogens is 330 g/mol. The zero-order valence-corrected chi connectivity index (χ0v) is 16.3. The molecule has 3 heteroatoms. The van der Waals surface area contributed by atoms with E-state index in [0.717, 1.165) is 47.9 Å². The largest absolute Gasteiger partial charge is 0.372 e. The Labute approximate surface area is 162 Å². The van der Waals surface area contributed by atoms with Crippen LogP contribution in [0.5, 0.6) is 0 Å². The Morgan fingerprint density at radius 2 is 1.96 bits per heavy atom. The molecule has 0 amide bonds. The third kappa shape index (κ3) is 3.73. The van der Waals surface area contributed by atoms with Crippen LogP contribution in [-0.4, -0.2) is 28.7 Å². The summed E-state index contributed by atoms with van der Waals surface area (Å²) >= 11 is 0. The Balaban J connectivity index is 1.56. The van der Waals surface area contributed by atoms with E-state index in [1.165, 1.54) is 36.0 Å². The van der Waals surface area contributed by atoms with E-state index in [9.17, 15) is 0 Å². The van der Waals surface area contributed by atoms with Crippen molar-refractivity contribution in [2.24, 2.45) is 4.99 Å². The summed E-state index contributed by atoms with van der Waals surface area (Å²) in [6, 6.07) is 10.7. The molecule has 2 aliphatic rings. The van der Waals surface area contributed by atoms with Crippen LogP contribution in [0.4, 0.5) is 5.69 Å². The lowest BCUT2D eigenvalue weighted by Gasteiger charge is -2.30. The quantitative estimate of drug-likeness (QED) is 0.715. The number of hydrogen-bond donors (Lipinski definition) is 0. The number of fused-ring (bicyclic) bond motifs is 1. The summed E-state index contributed by atoms with van der Waals surface area (Å²) in [5.41, 5.74) is 9.30. The third-order valence-electron chi connectivity index (χ3n) is 5.64. The maximum Gasteiger partial charge on any atom is 0.0675 e. The number of likely N-dealkylation sites (tertiary alicyclic amines) is 1. The molecule has 3 nitrogen and oxygen atoms in total. The number of benzene rings is 1. The summed E-state index contributed by atoms with van der Waals surface area (Å²) in [6.45, 7) is 10.8. The van der Waals surface area contributed by atoms with Crippen LogP contribution >= 0.6 is 0 Å². The molecule has 4 rings (SSSR count). The van der Waals surface area contributed by atoms with Crippen LogP contribution in [0.1, 0.15) is 48.6 Å². The van der Waals surface area contributed by atoms with E-state index in [1.807, 2.05) is 19.2 Å². The predicted octanol–water partition coefficient (Wildman–Crippen LogP) is 5.58. The van der Waals surface area contributed by atoms with Crippen molar-refractivity contribution >= 4 is 23.2 Å². The molecule has 0 atom stereocenters. The number of pyridine rings is 1. The van der Waals surface area contributed by atoms with Crippen LogP contribution in [0.2, 0.25) is 0 Å². The second kappa shape index (κ2) is 7.51. The zero-order chi connectivity index (χ0) is 18.8. The highest BCUT2D eigenvalue weighted by molar-refractivity contribution is 6.08. The molecule has 1 fully saturated rings. The maximum absolute atomic E-state index is 4.93. The van der Waals surface area contributed by atoms with Gasteiger partial charge in [0.05, 0.1) is 5.69 Å². The number of hydrogen-bond acceptors (Lipinski definition) is 3. The van der Waals surface area contributed by atoms with Gasteiger partial charge in [0.15, 0.2) is 0 Å². The normalized spacial score (nSPS) is 16.9. The Morgan fingerprint density at radius 1 is 1.15 bits per heavy atom. The van der Waals surface area contributed by atoms with Crippen molar-refractivity contribution in [1.29, 1.82) is 0 Å². The lowest BCUT2D eigenvalue weighted by Crippen LogP contribution is -2.27. The average molecular weight is 358 g/mol. The van der Waals surface area contributed by atoms with Gasteiger partial charge in [-0.05, 0) is 73.6 Å². The lowest BCUT2D eigenvalue weighted by molar-refractivity contribution is 0.326. The maximum atomic E-state index is 4.93. The minimum absolute atomic E-state index is 0.896. The molecule has 1 aromatic heterocycles. The number of aliphatic imine (C=N–C) groups is 1. The van der Waals surface area contributed by atoms with Gasteiger partial charge in [-0.25, -0.2) is 0 Å². The molecule has 1 aromatic carbocycles. The summed E-state index contributed by atoms with van der Waals surface area (Å²) in [4.78, 5) is 11.7. The Bertz CT molecular complexity index is 930. The molecule has 0 unspecified atom stereocenters. The smallest absolute Gasteiger partial charge is 0.0675 e. The monoisotopic (exact) mass is 357 g/mol. The van der Waals surface area contributed by atoms with Gasteiger partial charge in [-0.3, -0.25) is 9.98 Å². The van der Waals surface area contributed by atoms with Crippen LogP contribution in [0, 0.1) is 6.92 Å². The molecule has 0 N–H and O–H groups in total. The van der Waals surface area contributed by atoms with Gasteiger partial charge in [-0.1, -0.05) is 24.8 Å². The molecule has 0 spiro atoms. The van der Waals surface area contributed by atoms with Crippen molar-refractivity contribution in [2.75, 3.05) is 13.1 Å². The van der Waals surface area contributed by atoms with Crippen molar-refractivity contribution in [1.82, 2.24) is 9.88 Å². The van der Waals surface area contributed by atoms with Crippen LogP contribution in [0.25, 0.3) is 11.8 Å². The predicted molar refractivity (Wildman–Crippen MR) is 114 cm³/mol. The molecule has 0 radical (unpaired) electrons. The summed E-state index contributed by atoms with van der Waals surface area (Å²) in [6.07, 6.45) is 8.80. The van der Waals surface area contributed by atoms with E-state index in [-0.39, 0.29) is 0 Å². The lowest BCUT2D eigenvalue weighted by atomic mass is 10.0. The SMILES string of the molecule is C=C(c1ccc2c(c1)N=C(/C(C)=C/c1cccnc1C)C2)N1CCCCC1. The van der Waals surface area contributed by atoms with Crippen LogP contribution in [0.15, 0.2) is 53.7 Å². The molecule has 138 valence electrons. The van der Waals surface area contributed by atoms with E-state index >= 15 is 0 Å². The van der Waals surface area contributed by atoms with Gasteiger partial charge in [-0.2, -0.15) is 0 Å². The van der Waals surface area contributed by atoms with Gasteiger partial charge >= 0.3 is 0 Å². The van der Waals surface area contributed by atoms with Crippen molar-refractivity contribution in [3.63, 3.8) is 0 Å². The summed E-state index contributed by atoms with van der Waals surface area (Å²) < 4.78 is 0. The molecule has 2 aliphatic heterocycles. The summed E-state index contributed by atoms with van der Waals surface area (Å²) in [5, 5.41) is 0. The number of piperidine rings is 1.